The number of carbonyl (C=O) groups excluding carboxylic acids is 1. The smallest absolute Gasteiger partial charge is 0.341 e. The van der Waals surface area contributed by atoms with Crippen molar-refractivity contribution in [1.82, 2.24) is 14.1 Å². The number of nitrogens with one attached hydrogen (secondary N) is 1. The molecule has 0 aliphatic rings. The zero-order valence-corrected chi connectivity index (χ0v) is 14.4. The van der Waals surface area contributed by atoms with E-state index in [-0.39, 0.29) is 23.2 Å². The topological polar surface area (TPSA) is 95.2 Å². The van der Waals surface area contributed by atoms with Crippen molar-refractivity contribution in [1.29, 1.82) is 0 Å². The van der Waals surface area contributed by atoms with Gasteiger partial charge in [-0.2, -0.15) is 0 Å². The molecule has 8 nitrogen and oxygen atoms in total. The second kappa shape index (κ2) is 7.29. The van der Waals surface area contributed by atoms with Crippen molar-refractivity contribution in [2.24, 2.45) is 14.1 Å². The molecular formula is C16H22N4O4. The maximum atomic E-state index is 12.6. The summed E-state index contributed by atoms with van der Waals surface area (Å²) in [6.07, 6.45) is 3.17. The average Bonchev–Trinajstić information content (AvgIpc) is 2.57. The quantitative estimate of drug-likeness (QED) is 0.626. The van der Waals surface area contributed by atoms with Crippen LogP contribution >= 0.6 is 0 Å². The molecule has 2 aromatic rings. The number of fused-ring (bicyclic) bond motifs is 1. The normalized spacial score (nSPS) is 10.8. The van der Waals surface area contributed by atoms with Crippen LogP contribution < -0.4 is 16.6 Å². The van der Waals surface area contributed by atoms with Gasteiger partial charge in [-0.1, -0.05) is 13.3 Å². The first-order valence-electron chi connectivity index (χ1n) is 7.93. The van der Waals surface area contributed by atoms with Crippen LogP contribution in [0.15, 0.2) is 15.8 Å². The van der Waals surface area contributed by atoms with Gasteiger partial charge < -0.3 is 10.1 Å². The minimum Gasteiger partial charge on any atom is -0.462 e. The van der Waals surface area contributed by atoms with Gasteiger partial charge in [0.05, 0.1) is 12.3 Å². The summed E-state index contributed by atoms with van der Waals surface area (Å²) in [5.74, 6) is -0.554. The Balaban J connectivity index is 2.80. The third-order valence-corrected chi connectivity index (χ3v) is 3.80. The standard InChI is InChI=1S/C16H22N4O4/c1-5-7-8-17-12-10(15(22)24-6-2)9-18-13-11(12)14(21)20(4)16(23)19(13)3/h9H,5-8H2,1-4H3,(H,17,18). The zero-order valence-electron chi connectivity index (χ0n) is 14.4. The molecule has 8 heteroatoms. The lowest BCUT2D eigenvalue weighted by molar-refractivity contribution is 0.0527. The fraction of sp³-hybridized carbons (Fsp3) is 0.500. The van der Waals surface area contributed by atoms with Gasteiger partial charge in [-0.25, -0.2) is 14.6 Å². The van der Waals surface area contributed by atoms with Crippen LogP contribution in [0.1, 0.15) is 37.0 Å². The van der Waals surface area contributed by atoms with E-state index >= 15 is 0 Å². The molecule has 0 aliphatic heterocycles. The summed E-state index contributed by atoms with van der Waals surface area (Å²) in [5, 5.41) is 3.35. The van der Waals surface area contributed by atoms with Crippen molar-refractivity contribution in [3.05, 3.63) is 32.6 Å². The number of nitrogens with zero attached hydrogens (tertiary/aromatic N) is 3. The Kier molecular flexibility index (Phi) is 5.38. The highest BCUT2D eigenvalue weighted by molar-refractivity contribution is 6.03. The Morgan fingerprint density at radius 3 is 2.58 bits per heavy atom. The van der Waals surface area contributed by atoms with Gasteiger partial charge in [0.25, 0.3) is 5.56 Å². The van der Waals surface area contributed by atoms with Crippen molar-refractivity contribution in [2.75, 3.05) is 18.5 Å². The highest BCUT2D eigenvalue weighted by Gasteiger charge is 2.21. The van der Waals surface area contributed by atoms with Crippen molar-refractivity contribution in [3.8, 4) is 0 Å². The van der Waals surface area contributed by atoms with E-state index < -0.39 is 17.2 Å². The molecule has 0 bridgehead atoms. The van der Waals surface area contributed by atoms with Crippen LogP contribution in [-0.2, 0) is 18.8 Å². The molecule has 0 saturated heterocycles. The summed E-state index contributed by atoms with van der Waals surface area (Å²) in [7, 11) is 2.94. The Hall–Kier alpha value is -2.64. The van der Waals surface area contributed by atoms with Crippen LogP contribution in [0.25, 0.3) is 11.0 Å². The van der Waals surface area contributed by atoms with E-state index in [0.717, 1.165) is 17.4 Å². The fourth-order valence-electron chi connectivity index (χ4n) is 2.47. The second-order valence-electron chi connectivity index (χ2n) is 5.45. The van der Waals surface area contributed by atoms with Crippen molar-refractivity contribution >= 4 is 22.7 Å². The molecule has 0 atom stereocenters. The van der Waals surface area contributed by atoms with Crippen LogP contribution in [0.2, 0.25) is 0 Å². The minimum absolute atomic E-state index is 0.191. The predicted octanol–water partition coefficient (Wildman–Crippen LogP) is 1.02. The molecule has 130 valence electrons. The highest BCUT2D eigenvalue weighted by atomic mass is 16.5. The highest BCUT2D eigenvalue weighted by Crippen LogP contribution is 2.23. The lowest BCUT2D eigenvalue weighted by atomic mass is 10.1. The molecule has 0 saturated carbocycles. The Morgan fingerprint density at radius 1 is 1.25 bits per heavy atom. The maximum Gasteiger partial charge on any atom is 0.341 e. The third kappa shape index (κ3) is 3.04. The first-order valence-corrected chi connectivity index (χ1v) is 7.93. The predicted molar refractivity (Wildman–Crippen MR) is 91.6 cm³/mol. The number of hydrogen-bond donors (Lipinski definition) is 1. The lowest BCUT2D eigenvalue weighted by Gasteiger charge is -2.15. The van der Waals surface area contributed by atoms with Gasteiger partial charge in [0, 0.05) is 26.8 Å². The first kappa shape index (κ1) is 17.7. The fourth-order valence-corrected chi connectivity index (χ4v) is 2.47. The van der Waals surface area contributed by atoms with Crippen LogP contribution in [0.5, 0.6) is 0 Å². The third-order valence-electron chi connectivity index (χ3n) is 3.80. The summed E-state index contributed by atoms with van der Waals surface area (Å²) in [6.45, 7) is 4.56. The van der Waals surface area contributed by atoms with Crippen LogP contribution in [0.4, 0.5) is 5.69 Å². The second-order valence-corrected chi connectivity index (χ2v) is 5.45. The van der Waals surface area contributed by atoms with E-state index in [1.165, 1.54) is 24.9 Å². The number of aromatic nitrogens is 3. The molecule has 0 radical (unpaired) electrons. The SMILES string of the molecule is CCCCNc1c(C(=O)OCC)cnc2c1c(=O)n(C)c(=O)n2C. The molecule has 0 unspecified atom stereocenters. The van der Waals surface area contributed by atoms with E-state index in [4.69, 9.17) is 4.74 Å². The number of aryl methyl sites for hydroxylation is 1. The number of ether oxygens (including phenoxy) is 1. The Bertz CT molecular complexity index is 882. The molecule has 0 fully saturated rings. The van der Waals surface area contributed by atoms with E-state index in [1.54, 1.807) is 6.92 Å². The summed E-state index contributed by atoms with van der Waals surface area (Å²) in [4.78, 5) is 41.0. The summed E-state index contributed by atoms with van der Waals surface area (Å²) in [5.41, 5.74) is -0.177. The molecule has 0 amide bonds. The van der Waals surface area contributed by atoms with E-state index in [1.807, 2.05) is 6.92 Å². The monoisotopic (exact) mass is 334 g/mol. The molecule has 24 heavy (non-hydrogen) atoms. The first-order chi connectivity index (χ1) is 11.4. The number of carbonyl (C=O) groups is 1. The van der Waals surface area contributed by atoms with Crippen molar-refractivity contribution in [3.63, 3.8) is 0 Å². The molecule has 0 aliphatic carbocycles. The summed E-state index contributed by atoms with van der Waals surface area (Å²) in [6, 6.07) is 0. The van der Waals surface area contributed by atoms with E-state index in [9.17, 15) is 14.4 Å². The van der Waals surface area contributed by atoms with Gasteiger partial charge >= 0.3 is 11.7 Å². The zero-order chi connectivity index (χ0) is 17.9. The minimum atomic E-state index is -0.554. The van der Waals surface area contributed by atoms with Crippen LogP contribution in [0.3, 0.4) is 0 Å². The van der Waals surface area contributed by atoms with Crippen LogP contribution in [-0.4, -0.2) is 33.2 Å². The lowest BCUT2D eigenvalue weighted by Crippen LogP contribution is -2.38. The number of anilines is 1. The Labute approximate surface area is 139 Å². The van der Waals surface area contributed by atoms with Crippen LogP contribution in [0, 0.1) is 0 Å². The van der Waals surface area contributed by atoms with Crippen molar-refractivity contribution < 1.29 is 9.53 Å². The van der Waals surface area contributed by atoms with E-state index in [2.05, 4.69) is 10.3 Å². The number of unbranched alkanes of at least 4 members (excludes halogenated alkanes) is 1. The average molecular weight is 334 g/mol. The van der Waals surface area contributed by atoms with Gasteiger partial charge in [-0.3, -0.25) is 13.9 Å². The van der Waals surface area contributed by atoms with Gasteiger partial charge in [-0.05, 0) is 13.3 Å². The molecule has 0 spiro atoms. The van der Waals surface area contributed by atoms with E-state index in [0.29, 0.717) is 12.2 Å². The molecule has 2 heterocycles. The molecule has 0 aromatic carbocycles. The molecule has 2 aromatic heterocycles. The number of pyridine rings is 1. The summed E-state index contributed by atoms with van der Waals surface area (Å²) >= 11 is 0. The number of rotatable bonds is 6. The molecule has 2 rings (SSSR count). The van der Waals surface area contributed by atoms with Gasteiger partial charge in [0.1, 0.15) is 10.9 Å². The number of esters is 1. The van der Waals surface area contributed by atoms with Gasteiger partial charge in [0.15, 0.2) is 5.65 Å². The van der Waals surface area contributed by atoms with Crippen molar-refractivity contribution in [2.45, 2.75) is 26.7 Å². The number of hydrogen-bond acceptors (Lipinski definition) is 6. The molecule has 1 N–H and O–H groups in total. The largest absolute Gasteiger partial charge is 0.462 e. The van der Waals surface area contributed by atoms with Gasteiger partial charge in [-0.15, -0.1) is 0 Å². The summed E-state index contributed by atoms with van der Waals surface area (Å²) < 4.78 is 7.34. The van der Waals surface area contributed by atoms with Gasteiger partial charge in [0.2, 0.25) is 0 Å². The molecular weight excluding hydrogens is 312 g/mol. The Morgan fingerprint density at radius 2 is 1.96 bits per heavy atom. The maximum absolute atomic E-state index is 12.6.